The average molecular weight is 354 g/mol. The van der Waals surface area contributed by atoms with Gasteiger partial charge in [-0.2, -0.15) is 0 Å². The number of anilines is 1. The molecule has 0 aromatic heterocycles. The summed E-state index contributed by atoms with van der Waals surface area (Å²) < 4.78 is 35.2. The van der Waals surface area contributed by atoms with E-state index in [1.807, 2.05) is 0 Å². The zero-order valence-electron chi connectivity index (χ0n) is 13.2. The summed E-state index contributed by atoms with van der Waals surface area (Å²) in [5.41, 5.74) is 0.239. The predicted octanol–water partition coefficient (Wildman–Crippen LogP) is 0.793. The molecular weight excluding hydrogens is 336 g/mol. The molecule has 8 nitrogen and oxygen atoms in total. The number of esters is 2. The largest absolute Gasteiger partial charge is 0.466 e. The van der Waals surface area contributed by atoms with E-state index in [0.29, 0.717) is 5.69 Å². The van der Waals surface area contributed by atoms with Gasteiger partial charge in [-0.1, -0.05) is 6.08 Å². The smallest absolute Gasteiger partial charge is 0.354 e. The first-order valence-corrected chi connectivity index (χ1v) is 8.18. The molecule has 0 heterocycles. The fraction of sp³-hybridized carbons (Fsp3) is 0.200. The SMILES string of the molecule is C=CCNS(=O)(=O)c1ccc(N/C(=C/C(=O)OC)C(=O)OC)cc1. The van der Waals surface area contributed by atoms with Gasteiger partial charge in [0, 0.05) is 12.2 Å². The third kappa shape index (κ3) is 5.52. The Bertz CT molecular complexity index is 738. The summed E-state index contributed by atoms with van der Waals surface area (Å²) in [6.45, 7) is 3.54. The van der Waals surface area contributed by atoms with Crippen LogP contribution in [0, 0.1) is 0 Å². The lowest BCUT2D eigenvalue weighted by atomic mass is 10.3. The van der Waals surface area contributed by atoms with E-state index in [2.05, 4.69) is 26.1 Å². The van der Waals surface area contributed by atoms with Gasteiger partial charge in [0.15, 0.2) is 0 Å². The van der Waals surface area contributed by atoms with E-state index in [0.717, 1.165) is 13.2 Å². The lowest BCUT2D eigenvalue weighted by molar-refractivity contribution is -0.138. The molecule has 0 atom stereocenters. The Labute approximate surface area is 140 Å². The van der Waals surface area contributed by atoms with Crippen LogP contribution in [-0.4, -0.2) is 41.1 Å². The second-order valence-corrected chi connectivity index (χ2v) is 6.13. The summed E-state index contributed by atoms with van der Waals surface area (Å²) in [6, 6.07) is 5.58. The van der Waals surface area contributed by atoms with E-state index in [9.17, 15) is 18.0 Å². The second kappa shape index (κ2) is 8.85. The summed E-state index contributed by atoms with van der Waals surface area (Å²) in [5.74, 6) is -1.51. The van der Waals surface area contributed by atoms with Crippen LogP contribution in [-0.2, 0) is 29.1 Å². The molecule has 0 saturated heterocycles. The highest BCUT2D eigenvalue weighted by atomic mass is 32.2. The quantitative estimate of drug-likeness (QED) is 0.403. The van der Waals surface area contributed by atoms with Crippen LogP contribution in [0.3, 0.4) is 0 Å². The normalized spacial score (nSPS) is 11.5. The predicted molar refractivity (Wildman–Crippen MR) is 87.6 cm³/mol. The van der Waals surface area contributed by atoms with Crippen LogP contribution in [0.2, 0.25) is 0 Å². The summed E-state index contributed by atoms with van der Waals surface area (Å²) in [5, 5.41) is 2.67. The zero-order chi connectivity index (χ0) is 18.2. The van der Waals surface area contributed by atoms with E-state index in [-0.39, 0.29) is 17.1 Å². The summed E-state index contributed by atoms with van der Waals surface area (Å²) >= 11 is 0. The molecule has 0 aliphatic carbocycles. The van der Waals surface area contributed by atoms with E-state index >= 15 is 0 Å². The Balaban J connectivity index is 2.99. The highest BCUT2D eigenvalue weighted by molar-refractivity contribution is 7.89. The number of carbonyl (C=O) groups is 2. The van der Waals surface area contributed by atoms with E-state index in [1.165, 1.54) is 37.5 Å². The van der Waals surface area contributed by atoms with Crippen molar-refractivity contribution >= 4 is 27.6 Å². The van der Waals surface area contributed by atoms with Crippen LogP contribution in [0.25, 0.3) is 0 Å². The van der Waals surface area contributed by atoms with Crippen molar-refractivity contribution in [2.24, 2.45) is 0 Å². The van der Waals surface area contributed by atoms with Crippen LogP contribution in [0.4, 0.5) is 5.69 Å². The Hall–Kier alpha value is -2.65. The number of ether oxygens (including phenoxy) is 2. The van der Waals surface area contributed by atoms with E-state index in [4.69, 9.17) is 0 Å². The molecule has 0 aliphatic heterocycles. The molecule has 0 spiro atoms. The fourth-order valence-electron chi connectivity index (χ4n) is 1.56. The van der Waals surface area contributed by atoms with Gasteiger partial charge in [-0.15, -0.1) is 6.58 Å². The molecule has 130 valence electrons. The van der Waals surface area contributed by atoms with Crippen molar-refractivity contribution in [3.05, 3.63) is 48.7 Å². The lowest BCUT2D eigenvalue weighted by Gasteiger charge is -2.10. The van der Waals surface area contributed by atoms with E-state index < -0.39 is 22.0 Å². The number of benzene rings is 1. The third-order valence-electron chi connectivity index (χ3n) is 2.73. The van der Waals surface area contributed by atoms with Crippen LogP contribution in [0.5, 0.6) is 0 Å². The maximum Gasteiger partial charge on any atom is 0.354 e. The average Bonchev–Trinajstić information content (AvgIpc) is 2.59. The maximum atomic E-state index is 11.9. The first-order chi connectivity index (χ1) is 11.3. The number of methoxy groups -OCH3 is 2. The molecule has 0 radical (unpaired) electrons. The Morgan fingerprint density at radius 3 is 2.29 bits per heavy atom. The molecule has 0 fully saturated rings. The van der Waals surface area contributed by atoms with Gasteiger partial charge in [-0.25, -0.2) is 22.7 Å². The van der Waals surface area contributed by atoms with Gasteiger partial charge in [0.2, 0.25) is 10.0 Å². The molecule has 0 bridgehead atoms. The zero-order valence-corrected chi connectivity index (χ0v) is 14.1. The van der Waals surface area contributed by atoms with Gasteiger partial charge in [-0.3, -0.25) is 0 Å². The highest BCUT2D eigenvalue weighted by Crippen LogP contribution is 2.16. The van der Waals surface area contributed by atoms with Gasteiger partial charge < -0.3 is 14.8 Å². The van der Waals surface area contributed by atoms with Crippen molar-refractivity contribution in [2.75, 3.05) is 26.1 Å². The van der Waals surface area contributed by atoms with Crippen molar-refractivity contribution in [2.45, 2.75) is 4.90 Å². The third-order valence-corrected chi connectivity index (χ3v) is 4.17. The van der Waals surface area contributed by atoms with Crippen LogP contribution in [0.1, 0.15) is 0 Å². The Morgan fingerprint density at radius 1 is 1.17 bits per heavy atom. The molecule has 0 unspecified atom stereocenters. The van der Waals surface area contributed by atoms with E-state index in [1.54, 1.807) is 0 Å². The minimum atomic E-state index is -3.64. The highest BCUT2D eigenvalue weighted by Gasteiger charge is 2.15. The van der Waals surface area contributed by atoms with Gasteiger partial charge in [0.05, 0.1) is 25.2 Å². The van der Waals surface area contributed by atoms with Crippen molar-refractivity contribution in [3.63, 3.8) is 0 Å². The molecule has 1 aromatic rings. The van der Waals surface area contributed by atoms with Crippen molar-refractivity contribution in [1.29, 1.82) is 0 Å². The minimum Gasteiger partial charge on any atom is -0.466 e. The number of sulfonamides is 1. The monoisotopic (exact) mass is 354 g/mol. The molecule has 2 N–H and O–H groups in total. The molecule has 0 amide bonds. The Kier molecular flexibility index (Phi) is 7.15. The number of rotatable bonds is 8. The van der Waals surface area contributed by atoms with Gasteiger partial charge in [0.25, 0.3) is 0 Å². The molecule has 1 rings (SSSR count). The number of nitrogens with one attached hydrogen (secondary N) is 2. The second-order valence-electron chi connectivity index (χ2n) is 4.36. The maximum absolute atomic E-state index is 11.9. The first kappa shape index (κ1) is 19.4. The molecule has 1 aromatic carbocycles. The standard InChI is InChI=1S/C15H18N2O6S/c1-4-9-16-24(20,21)12-7-5-11(6-8-12)17-13(15(19)23-3)10-14(18)22-2/h4-8,10,16-17H,1,9H2,2-3H3/b13-10+. The van der Waals surface area contributed by atoms with Crippen LogP contribution < -0.4 is 10.0 Å². The number of carbonyl (C=O) groups excluding carboxylic acids is 2. The molecule has 0 saturated carbocycles. The molecule has 24 heavy (non-hydrogen) atoms. The number of hydrogen-bond acceptors (Lipinski definition) is 7. The lowest BCUT2D eigenvalue weighted by Crippen LogP contribution is -2.23. The van der Waals surface area contributed by atoms with Crippen molar-refractivity contribution in [3.8, 4) is 0 Å². The summed E-state index contributed by atoms with van der Waals surface area (Å²) in [7, 11) is -1.31. The minimum absolute atomic E-state index is 0.0477. The van der Waals surface area contributed by atoms with Crippen molar-refractivity contribution in [1.82, 2.24) is 4.72 Å². The van der Waals surface area contributed by atoms with Gasteiger partial charge >= 0.3 is 11.9 Å². The van der Waals surface area contributed by atoms with Crippen molar-refractivity contribution < 1.29 is 27.5 Å². The summed E-state index contributed by atoms with van der Waals surface area (Å²) in [4.78, 5) is 23.0. The van der Waals surface area contributed by atoms with Crippen LogP contribution in [0.15, 0.2) is 53.6 Å². The molecule has 0 aliphatic rings. The first-order valence-electron chi connectivity index (χ1n) is 6.69. The topological polar surface area (TPSA) is 111 Å². The summed E-state index contributed by atoms with van der Waals surface area (Å²) in [6.07, 6.45) is 2.36. The Morgan fingerprint density at radius 2 is 1.79 bits per heavy atom. The van der Waals surface area contributed by atoms with Crippen LogP contribution >= 0.6 is 0 Å². The molecule has 9 heteroatoms. The molecular formula is C15H18N2O6S. The van der Waals surface area contributed by atoms with Gasteiger partial charge in [-0.05, 0) is 24.3 Å². The fourth-order valence-corrected chi connectivity index (χ4v) is 2.56. The number of hydrogen-bond donors (Lipinski definition) is 2. The van der Waals surface area contributed by atoms with Gasteiger partial charge in [0.1, 0.15) is 5.70 Å².